The first-order valence-corrected chi connectivity index (χ1v) is 6.30. The maximum absolute atomic E-state index is 9.14. The van der Waals surface area contributed by atoms with Crippen LogP contribution in [0.4, 0.5) is 0 Å². The number of halogens is 1. The fraction of sp³-hybridized carbons (Fsp3) is 0.188. The minimum absolute atomic E-state index is 0.501. The SMILES string of the molecule is CC(C)c1ccc(-c2c(Cl)cccc2C#N)cc1. The topological polar surface area (TPSA) is 23.8 Å². The Labute approximate surface area is 113 Å². The van der Waals surface area contributed by atoms with Crippen LogP contribution < -0.4 is 0 Å². The Morgan fingerprint density at radius 2 is 1.72 bits per heavy atom. The van der Waals surface area contributed by atoms with E-state index >= 15 is 0 Å². The first-order chi connectivity index (χ1) is 8.63. The number of hydrogen-bond donors (Lipinski definition) is 0. The number of nitriles is 1. The molecule has 2 aromatic rings. The van der Waals surface area contributed by atoms with Gasteiger partial charge in [-0.25, -0.2) is 0 Å². The molecule has 0 N–H and O–H groups in total. The van der Waals surface area contributed by atoms with Crippen molar-refractivity contribution in [3.8, 4) is 17.2 Å². The molecule has 0 aliphatic heterocycles. The number of benzene rings is 2. The molecule has 0 saturated carbocycles. The maximum atomic E-state index is 9.14. The third-order valence-electron chi connectivity index (χ3n) is 3.00. The van der Waals surface area contributed by atoms with Gasteiger partial charge in [-0.3, -0.25) is 0 Å². The van der Waals surface area contributed by atoms with Gasteiger partial charge >= 0.3 is 0 Å². The fourth-order valence-electron chi connectivity index (χ4n) is 1.95. The van der Waals surface area contributed by atoms with Crippen molar-refractivity contribution in [1.82, 2.24) is 0 Å². The van der Waals surface area contributed by atoms with E-state index in [-0.39, 0.29) is 0 Å². The molecule has 2 heteroatoms. The monoisotopic (exact) mass is 255 g/mol. The summed E-state index contributed by atoms with van der Waals surface area (Å²) in [7, 11) is 0. The van der Waals surface area contributed by atoms with Crippen LogP contribution in [0, 0.1) is 11.3 Å². The van der Waals surface area contributed by atoms with Crippen LogP contribution in [0.3, 0.4) is 0 Å². The van der Waals surface area contributed by atoms with E-state index in [1.165, 1.54) is 5.56 Å². The summed E-state index contributed by atoms with van der Waals surface area (Å²) in [5, 5.41) is 9.76. The van der Waals surface area contributed by atoms with E-state index in [1.54, 1.807) is 12.1 Å². The number of hydrogen-bond acceptors (Lipinski definition) is 1. The summed E-state index contributed by atoms with van der Waals surface area (Å²) >= 11 is 6.19. The quantitative estimate of drug-likeness (QED) is 0.741. The van der Waals surface area contributed by atoms with Crippen molar-refractivity contribution in [2.24, 2.45) is 0 Å². The molecule has 90 valence electrons. The van der Waals surface area contributed by atoms with Gasteiger partial charge in [-0.1, -0.05) is 55.8 Å². The van der Waals surface area contributed by atoms with Gasteiger partial charge in [0.05, 0.1) is 11.6 Å². The van der Waals surface area contributed by atoms with Crippen LogP contribution in [0.2, 0.25) is 5.02 Å². The summed E-state index contributed by atoms with van der Waals surface area (Å²) in [5.74, 6) is 0.501. The van der Waals surface area contributed by atoms with Crippen LogP contribution in [0.1, 0.15) is 30.9 Å². The highest BCUT2D eigenvalue weighted by Crippen LogP contribution is 2.31. The predicted octanol–water partition coefficient (Wildman–Crippen LogP) is 5.00. The Bertz CT molecular complexity index is 591. The summed E-state index contributed by atoms with van der Waals surface area (Å²) < 4.78 is 0. The molecule has 0 aromatic heterocycles. The molecule has 1 nitrogen and oxygen atoms in total. The van der Waals surface area contributed by atoms with E-state index in [0.717, 1.165) is 11.1 Å². The lowest BCUT2D eigenvalue weighted by Crippen LogP contribution is -1.89. The van der Waals surface area contributed by atoms with Crippen LogP contribution in [-0.2, 0) is 0 Å². The van der Waals surface area contributed by atoms with Crippen LogP contribution in [-0.4, -0.2) is 0 Å². The second kappa shape index (κ2) is 5.25. The summed E-state index contributed by atoms with van der Waals surface area (Å²) in [6.45, 7) is 4.32. The van der Waals surface area contributed by atoms with Crippen molar-refractivity contribution in [2.45, 2.75) is 19.8 Å². The molecule has 0 fully saturated rings. The Balaban J connectivity index is 2.53. The van der Waals surface area contributed by atoms with E-state index in [4.69, 9.17) is 16.9 Å². The van der Waals surface area contributed by atoms with Crippen molar-refractivity contribution in [2.75, 3.05) is 0 Å². The summed E-state index contributed by atoms with van der Waals surface area (Å²) in [6.07, 6.45) is 0. The van der Waals surface area contributed by atoms with E-state index in [0.29, 0.717) is 16.5 Å². The molecule has 0 heterocycles. The van der Waals surface area contributed by atoms with Crippen molar-refractivity contribution >= 4 is 11.6 Å². The van der Waals surface area contributed by atoms with E-state index in [1.807, 2.05) is 18.2 Å². The van der Waals surface area contributed by atoms with Gasteiger partial charge in [0, 0.05) is 10.6 Å². The van der Waals surface area contributed by atoms with Gasteiger partial charge in [0.2, 0.25) is 0 Å². The highest BCUT2D eigenvalue weighted by atomic mass is 35.5. The lowest BCUT2D eigenvalue weighted by atomic mass is 9.96. The molecular weight excluding hydrogens is 242 g/mol. The second-order valence-electron chi connectivity index (χ2n) is 4.55. The van der Waals surface area contributed by atoms with Gasteiger partial charge in [-0.2, -0.15) is 5.26 Å². The predicted molar refractivity (Wildman–Crippen MR) is 75.7 cm³/mol. The molecule has 0 unspecified atom stereocenters. The minimum atomic E-state index is 0.501. The van der Waals surface area contributed by atoms with Crippen molar-refractivity contribution < 1.29 is 0 Å². The third-order valence-corrected chi connectivity index (χ3v) is 3.32. The van der Waals surface area contributed by atoms with Crippen molar-refractivity contribution in [1.29, 1.82) is 5.26 Å². The van der Waals surface area contributed by atoms with Gasteiger partial charge in [0.25, 0.3) is 0 Å². The molecular formula is C16H14ClN. The molecule has 18 heavy (non-hydrogen) atoms. The van der Waals surface area contributed by atoms with Gasteiger partial charge in [0.15, 0.2) is 0 Å². The molecule has 0 aliphatic rings. The first-order valence-electron chi connectivity index (χ1n) is 5.92. The van der Waals surface area contributed by atoms with Crippen LogP contribution in [0.25, 0.3) is 11.1 Å². The lowest BCUT2D eigenvalue weighted by Gasteiger charge is -2.09. The average Bonchev–Trinajstić information content (AvgIpc) is 2.38. The highest BCUT2D eigenvalue weighted by molar-refractivity contribution is 6.33. The van der Waals surface area contributed by atoms with Gasteiger partial charge in [-0.15, -0.1) is 0 Å². The van der Waals surface area contributed by atoms with E-state index in [2.05, 4.69) is 32.0 Å². The fourth-order valence-corrected chi connectivity index (χ4v) is 2.23. The molecule has 0 radical (unpaired) electrons. The summed E-state index contributed by atoms with van der Waals surface area (Å²) in [6, 6.07) is 15.8. The molecule has 2 aromatic carbocycles. The summed E-state index contributed by atoms with van der Waals surface area (Å²) in [4.78, 5) is 0. The van der Waals surface area contributed by atoms with E-state index in [9.17, 15) is 0 Å². The van der Waals surface area contributed by atoms with Crippen molar-refractivity contribution in [3.05, 3.63) is 58.6 Å². The third kappa shape index (κ3) is 2.39. The van der Waals surface area contributed by atoms with Gasteiger partial charge in [-0.05, 0) is 29.2 Å². The molecule has 0 atom stereocenters. The molecule has 0 bridgehead atoms. The lowest BCUT2D eigenvalue weighted by molar-refractivity contribution is 0.867. The van der Waals surface area contributed by atoms with Gasteiger partial charge < -0.3 is 0 Å². The van der Waals surface area contributed by atoms with Crippen LogP contribution in [0.15, 0.2) is 42.5 Å². The van der Waals surface area contributed by atoms with Crippen LogP contribution >= 0.6 is 11.6 Å². The number of nitrogens with zero attached hydrogens (tertiary/aromatic N) is 1. The molecule has 0 spiro atoms. The zero-order valence-corrected chi connectivity index (χ0v) is 11.2. The summed E-state index contributed by atoms with van der Waals surface area (Å²) in [5.41, 5.74) is 3.70. The molecule has 2 rings (SSSR count). The molecule has 0 aliphatic carbocycles. The normalized spacial score (nSPS) is 10.4. The molecule has 0 saturated heterocycles. The average molecular weight is 256 g/mol. The number of rotatable bonds is 2. The Kier molecular flexibility index (Phi) is 3.69. The Hall–Kier alpha value is -1.78. The van der Waals surface area contributed by atoms with Crippen molar-refractivity contribution in [3.63, 3.8) is 0 Å². The molecule has 0 amide bonds. The first kappa shape index (κ1) is 12.7. The Morgan fingerprint density at radius 1 is 1.06 bits per heavy atom. The van der Waals surface area contributed by atoms with E-state index < -0.39 is 0 Å². The Morgan fingerprint density at radius 3 is 2.28 bits per heavy atom. The maximum Gasteiger partial charge on any atom is 0.0998 e. The smallest absolute Gasteiger partial charge is 0.0998 e. The largest absolute Gasteiger partial charge is 0.192 e. The van der Waals surface area contributed by atoms with Gasteiger partial charge in [0.1, 0.15) is 0 Å². The van der Waals surface area contributed by atoms with Crippen LogP contribution in [0.5, 0.6) is 0 Å². The zero-order chi connectivity index (χ0) is 13.1. The standard InChI is InChI=1S/C16H14ClN/c1-11(2)12-6-8-13(9-7-12)16-14(10-18)4-3-5-15(16)17/h3-9,11H,1-2H3. The highest BCUT2D eigenvalue weighted by Gasteiger charge is 2.09. The minimum Gasteiger partial charge on any atom is -0.192 e. The zero-order valence-electron chi connectivity index (χ0n) is 10.4. The second-order valence-corrected chi connectivity index (χ2v) is 4.96.